The number of rotatable bonds is 4. The SMILES string of the molecule is C=CCn1ccnc1NC1(C)CCCCC1. The molecule has 0 saturated heterocycles. The second-order valence-electron chi connectivity index (χ2n) is 4.94. The fourth-order valence-corrected chi connectivity index (χ4v) is 2.45. The Hall–Kier alpha value is -1.25. The molecule has 1 aromatic heterocycles. The van der Waals surface area contributed by atoms with Gasteiger partial charge < -0.3 is 9.88 Å². The Balaban J connectivity index is 2.06. The average molecular weight is 219 g/mol. The van der Waals surface area contributed by atoms with E-state index in [9.17, 15) is 0 Å². The predicted molar refractivity (Wildman–Crippen MR) is 67.5 cm³/mol. The molecule has 1 aromatic rings. The van der Waals surface area contributed by atoms with Crippen molar-refractivity contribution in [3.8, 4) is 0 Å². The molecule has 3 nitrogen and oxygen atoms in total. The highest BCUT2D eigenvalue weighted by Gasteiger charge is 2.27. The predicted octanol–water partition coefficient (Wildman–Crippen LogP) is 3.20. The molecular weight excluding hydrogens is 198 g/mol. The van der Waals surface area contributed by atoms with Gasteiger partial charge in [0.15, 0.2) is 0 Å². The molecule has 1 fully saturated rings. The van der Waals surface area contributed by atoms with Crippen LogP contribution in [0.5, 0.6) is 0 Å². The van der Waals surface area contributed by atoms with Crippen molar-refractivity contribution in [2.24, 2.45) is 0 Å². The standard InChI is InChI=1S/C13H21N3/c1-3-10-16-11-9-14-12(16)15-13(2)7-5-4-6-8-13/h3,9,11H,1,4-8,10H2,2H3,(H,14,15). The normalized spacial score (nSPS) is 19.3. The van der Waals surface area contributed by atoms with Gasteiger partial charge in [0.2, 0.25) is 5.95 Å². The highest BCUT2D eigenvalue weighted by Crippen LogP contribution is 2.30. The molecule has 1 heterocycles. The number of allylic oxidation sites excluding steroid dienone is 1. The van der Waals surface area contributed by atoms with E-state index in [1.807, 2.05) is 18.5 Å². The zero-order valence-electron chi connectivity index (χ0n) is 10.1. The highest BCUT2D eigenvalue weighted by atomic mass is 15.2. The van der Waals surface area contributed by atoms with Crippen LogP contribution in [0.3, 0.4) is 0 Å². The summed E-state index contributed by atoms with van der Waals surface area (Å²) in [4.78, 5) is 4.38. The number of hydrogen-bond donors (Lipinski definition) is 1. The summed E-state index contributed by atoms with van der Waals surface area (Å²) < 4.78 is 2.10. The summed E-state index contributed by atoms with van der Waals surface area (Å²) in [5.41, 5.74) is 0.225. The summed E-state index contributed by atoms with van der Waals surface area (Å²) >= 11 is 0. The van der Waals surface area contributed by atoms with E-state index in [-0.39, 0.29) is 5.54 Å². The number of nitrogens with one attached hydrogen (secondary N) is 1. The number of aromatic nitrogens is 2. The van der Waals surface area contributed by atoms with Crippen molar-refractivity contribution in [1.29, 1.82) is 0 Å². The van der Waals surface area contributed by atoms with Crippen molar-refractivity contribution in [2.45, 2.75) is 51.1 Å². The lowest BCUT2D eigenvalue weighted by atomic mass is 9.83. The van der Waals surface area contributed by atoms with Crippen molar-refractivity contribution in [3.05, 3.63) is 25.0 Å². The maximum atomic E-state index is 4.38. The molecule has 0 unspecified atom stereocenters. The lowest BCUT2D eigenvalue weighted by Crippen LogP contribution is -2.37. The van der Waals surface area contributed by atoms with Gasteiger partial charge in [0, 0.05) is 24.5 Å². The molecule has 1 saturated carbocycles. The first-order valence-electron chi connectivity index (χ1n) is 6.14. The Kier molecular flexibility index (Phi) is 3.32. The second-order valence-corrected chi connectivity index (χ2v) is 4.94. The number of hydrogen-bond acceptors (Lipinski definition) is 2. The van der Waals surface area contributed by atoms with E-state index in [1.54, 1.807) is 0 Å². The summed E-state index contributed by atoms with van der Waals surface area (Å²) in [5.74, 6) is 0.976. The zero-order valence-corrected chi connectivity index (χ0v) is 10.1. The summed E-state index contributed by atoms with van der Waals surface area (Å²) in [6.45, 7) is 6.89. The van der Waals surface area contributed by atoms with E-state index in [4.69, 9.17) is 0 Å². The molecule has 1 aliphatic carbocycles. The zero-order chi connectivity index (χ0) is 11.4. The Bertz CT molecular complexity index is 348. The molecule has 88 valence electrons. The first kappa shape index (κ1) is 11.2. The molecule has 0 spiro atoms. The van der Waals surface area contributed by atoms with Crippen LogP contribution in [-0.4, -0.2) is 15.1 Å². The maximum absolute atomic E-state index is 4.38. The van der Waals surface area contributed by atoms with Crippen molar-refractivity contribution >= 4 is 5.95 Å². The second kappa shape index (κ2) is 4.73. The van der Waals surface area contributed by atoms with Crippen LogP contribution in [0.25, 0.3) is 0 Å². The molecular formula is C13H21N3. The number of nitrogens with zero attached hydrogens (tertiary/aromatic N) is 2. The van der Waals surface area contributed by atoms with Crippen molar-refractivity contribution < 1.29 is 0 Å². The number of anilines is 1. The third kappa shape index (κ3) is 2.46. The van der Waals surface area contributed by atoms with Gasteiger partial charge in [0.05, 0.1) is 0 Å². The van der Waals surface area contributed by atoms with Gasteiger partial charge in [-0.3, -0.25) is 0 Å². The molecule has 1 aliphatic rings. The quantitative estimate of drug-likeness (QED) is 0.788. The number of imidazole rings is 1. The molecule has 0 radical (unpaired) electrons. The summed E-state index contributed by atoms with van der Waals surface area (Å²) in [5, 5.41) is 3.59. The molecule has 1 N–H and O–H groups in total. The molecule has 2 rings (SSSR count). The van der Waals surface area contributed by atoms with Crippen LogP contribution in [0.15, 0.2) is 25.0 Å². The highest BCUT2D eigenvalue weighted by molar-refractivity contribution is 5.31. The minimum atomic E-state index is 0.225. The fourth-order valence-electron chi connectivity index (χ4n) is 2.45. The Morgan fingerprint density at radius 1 is 1.50 bits per heavy atom. The third-order valence-electron chi connectivity index (χ3n) is 3.41. The molecule has 0 bridgehead atoms. The minimum absolute atomic E-state index is 0.225. The Morgan fingerprint density at radius 3 is 2.94 bits per heavy atom. The average Bonchev–Trinajstić information content (AvgIpc) is 2.67. The van der Waals surface area contributed by atoms with Crippen molar-refractivity contribution in [3.63, 3.8) is 0 Å². The lowest BCUT2D eigenvalue weighted by molar-refractivity contribution is 0.346. The maximum Gasteiger partial charge on any atom is 0.203 e. The molecule has 0 atom stereocenters. The first-order valence-corrected chi connectivity index (χ1v) is 6.14. The van der Waals surface area contributed by atoms with E-state index < -0.39 is 0 Å². The molecule has 3 heteroatoms. The van der Waals surface area contributed by atoms with Gasteiger partial charge in [-0.25, -0.2) is 4.98 Å². The Morgan fingerprint density at radius 2 is 2.25 bits per heavy atom. The Labute approximate surface area is 97.6 Å². The van der Waals surface area contributed by atoms with Crippen LogP contribution >= 0.6 is 0 Å². The van der Waals surface area contributed by atoms with E-state index in [2.05, 4.69) is 28.4 Å². The van der Waals surface area contributed by atoms with E-state index in [1.165, 1.54) is 32.1 Å². The van der Waals surface area contributed by atoms with Gasteiger partial charge in [0.1, 0.15) is 0 Å². The van der Waals surface area contributed by atoms with Crippen LogP contribution in [0.1, 0.15) is 39.0 Å². The van der Waals surface area contributed by atoms with E-state index in [0.717, 1.165) is 12.5 Å². The van der Waals surface area contributed by atoms with Gasteiger partial charge in [-0.2, -0.15) is 0 Å². The summed E-state index contributed by atoms with van der Waals surface area (Å²) in [6, 6.07) is 0. The van der Waals surface area contributed by atoms with Gasteiger partial charge in [-0.15, -0.1) is 6.58 Å². The van der Waals surface area contributed by atoms with Gasteiger partial charge in [0.25, 0.3) is 0 Å². The molecule has 0 aromatic carbocycles. The minimum Gasteiger partial charge on any atom is -0.350 e. The first-order chi connectivity index (χ1) is 7.73. The van der Waals surface area contributed by atoms with Crippen molar-refractivity contribution in [1.82, 2.24) is 9.55 Å². The van der Waals surface area contributed by atoms with Gasteiger partial charge >= 0.3 is 0 Å². The lowest BCUT2D eigenvalue weighted by Gasteiger charge is -2.35. The monoisotopic (exact) mass is 219 g/mol. The van der Waals surface area contributed by atoms with E-state index in [0.29, 0.717) is 0 Å². The third-order valence-corrected chi connectivity index (χ3v) is 3.41. The van der Waals surface area contributed by atoms with Crippen LogP contribution in [0, 0.1) is 0 Å². The molecule has 16 heavy (non-hydrogen) atoms. The largest absolute Gasteiger partial charge is 0.350 e. The van der Waals surface area contributed by atoms with Gasteiger partial charge in [-0.05, 0) is 19.8 Å². The fraction of sp³-hybridized carbons (Fsp3) is 0.615. The van der Waals surface area contributed by atoms with Gasteiger partial charge in [-0.1, -0.05) is 25.3 Å². The van der Waals surface area contributed by atoms with Crippen LogP contribution in [-0.2, 0) is 6.54 Å². The molecule has 0 amide bonds. The van der Waals surface area contributed by atoms with E-state index >= 15 is 0 Å². The van der Waals surface area contributed by atoms with Crippen LogP contribution in [0.4, 0.5) is 5.95 Å². The smallest absolute Gasteiger partial charge is 0.203 e. The topological polar surface area (TPSA) is 29.9 Å². The molecule has 0 aliphatic heterocycles. The summed E-state index contributed by atoms with van der Waals surface area (Å²) in [7, 11) is 0. The van der Waals surface area contributed by atoms with Crippen LogP contribution in [0.2, 0.25) is 0 Å². The van der Waals surface area contributed by atoms with Crippen molar-refractivity contribution in [2.75, 3.05) is 5.32 Å². The van der Waals surface area contributed by atoms with Crippen LogP contribution < -0.4 is 5.32 Å². The summed E-state index contributed by atoms with van der Waals surface area (Å²) in [6.07, 6.45) is 12.3.